The van der Waals surface area contributed by atoms with Crippen molar-refractivity contribution in [2.75, 3.05) is 18.4 Å². The molecule has 2 aliphatic rings. The highest BCUT2D eigenvalue weighted by Crippen LogP contribution is 2.39. The van der Waals surface area contributed by atoms with Crippen molar-refractivity contribution in [1.82, 2.24) is 19.7 Å². The van der Waals surface area contributed by atoms with Crippen LogP contribution in [0.5, 0.6) is 0 Å². The lowest BCUT2D eigenvalue weighted by molar-refractivity contribution is -0.0419. The zero-order chi connectivity index (χ0) is 23.7. The van der Waals surface area contributed by atoms with E-state index in [4.69, 9.17) is 0 Å². The summed E-state index contributed by atoms with van der Waals surface area (Å²) in [5.74, 6) is -1.78. The molecule has 0 radical (unpaired) electrons. The number of benzene rings is 1. The van der Waals surface area contributed by atoms with Gasteiger partial charge in [-0.2, -0.15) is 5.10 Å². The number of rotatable bonds is 6. The fourth-order valence-corrected chi connectivity index (χ4v) is 5.25. The van der Waals surface area contributed by atoms with Gasteiger partial charge in [0.1, 0.15) is 5.82 Å². The molecular weight excluding hydrogens is 432 g/mol. The van der Waals surface area contributed by atoms with Crippen LogP contribution >= 0.6 is 0 Å². The second-order valence-corrected chi connectivity index (χ2v) is 9.88. The van der Waals surface area contributed by atoms with Gasteiger partial charge in [0.2, 0.25) is 5.92 Å². The molecule has 3 heterocycles. The molecule has 5 rings (SSSR count). The maximum atomic E-state index is 13.5. The molecule has 3 aromatic rings. The molecule has 180 valence electrons. The van der Waals surface area contributed by atoms with Crippen LogP contribution in [0, 0.1) is 5.92 Å². The van der Waals surface area contributed by atoms with E-state index >= 15 is 0 Å². The molecule has 34 heavy (non-hydrogen) atoms. The minimum Gasteiger partial charge on any atom is -0.344 e. The van der Waals surface area contributed by atoms with E-state index in [-0.39, 0.29) is 18.8 Å². The first-order valence-electron chi connectivity index (χ1n) is 12.3. The number of aryl methyl sites for hydroxylation is 1. The number of nitrogens with one attached hydrogen (secondary N) is 1. The van der Waals surface area contributed by atoms with Crippen LogP contribution in [-0.4, -0.2) is 38.7 Å². The average molecular weight is 466 g/mol. The zero-order valence-electron chi connectivity index (χ0n) is 19.9. The van der Waals surface area contributed by atoms with Gasteiger partial charge in [0.15, 0.2) is 0 Å². The quantitative estimate of drug-likeness (QED) is 0.459. The molecule has 1 saturated carbocycles. The fourth-order valence-electron chi connectivity index (χ4n) is 5.25. The first-order chi connectivity index (χ1) is 16.4. The second-order valence-electron chi connectivity index (χ2n) is 9.88. The first kappa shape index (κ1) is 23.0. The Hall–Kier alpha value is -2.80. The van der Waals surface area contributed by atoms with Crippen LogP contribution in [0.4, 0.5) is 14.6 Å². The van der Waals surface area contributed by atoms with Crippen molar-refractivity contribution in [1.29, 1.82) is 0 Å². The molecule has 1 saturated heterocycles. The second kappa shape index (κ2) is 9.45. The van der Waals surface area contributed by atoms with E-state index in [1.807, 2.05) is 30.2 Å². The Morgan fingerprint density at radius 2 is 1.85 bits per heavy atom. The van der Waals surface area contributed by atoms with Gasteiger partial charge < -0.3 is 5.32 Å². The molecule has 0 atom stereocenters. The third kappa shape index (κ3) is 4.99. The van der Waals surface area contributed by atoms with Crippen LogP contribution in [0.15, 0.2) is 48.9 Å². The molecule has 0 unspecified atom stereocenters. The monoisotopic (exact) mass is 465 g/mol. The van der Waals surface area contributed by atoms with E-state index in [1.165, 1.54) is 25.0 Å². The largest absolute Gasteiger partial charge is 0.344 e. The van der Waals surface area contributed by atoms with Gasteiger partial charge in [0.05, 0.1) is 11.9 Å². The average Bonchev–Trinajstić information content (AvgIpc) is 3.19. The van der Waals surface area contributed by atoms with Crippen LogP contribution < -0.4 is 5.32 Å². The number of likely N-dealkylation sites (tertiary alicyclic amines) is 1. The Bertz CT molecular complexity index is 1170. The number of allylic oxidation sites excluding steroid dienone is 1. The summed E-state index contributed by atoms with van der Waals surface area (Å²) in [5.41, 5.74) is 4.30. The Morgan fingerprint density at radius 3 is 2.62 bits per heavy atom. The topological polar surface area (TPSA) is 46.0 Å². The van der Waals surface area contributed by atoms with Crippen molar-refractivity contribution in [3.63, 3.8) is 0 Å². The smallest absolute Gasteiger partial charge is 0.248 e. The number of hydrogen-bond acceptors (Lipinski definition) is 4. The molecule has 5 nitrogen and oxygen atoms in total. The maximum Gasteiger partial charge on any atom is 0.248 e. The van der Waals surface area contributed by atoms with Gasteiger partial charge in [-0.1, -0.05) is 25.1 Å². The lowest BCUT2D eigenvalue weighted by atomic mass is 9.85. The molecule has 1 aromatic carbocycles. The van der Waals surface area contributed by atoms with Crippen molar-refractivity contribution >= 4 is 16.6 Å². The normalized spacial score (nSPS) is 19.4. The van der Waals surface area contributed by atoms with Gasteiger partial charge in [-0.3, -0.25) is 9.58 Å². The van der Waals surface area contributed by atoms with Crippen LogP contribution in [0.2, 0.25) is 0 Å². The molecular formula is C27H33F2N5. The van der Waals surface area contributed by atoms with Crippen molar-refractivity contribution < 1.29 is 8.78 Å². The number of piperidine rings is 1. The highest BCUT2D eigenvalue weighted by molar-refractivity contribution is 5.88. The van der Waals surface area contributed by atoms with E-state index in [2.05, 4.69) is 45.1 Å². The van der Waals surface area contributed by atoms with Crippen molar-refractivity contribution in [3.8, 4) is 11.1 Å². The van der Waals surface area contributed by atoms with Gasteiger partial charge in [-0.15, -0.1) is 0 Å². The summed E-state index contributed by atoms with van der Waals surface area (Å²) in [4.78, 5) is 7.05. The van der Waals surface area contributed by atoms with E-state index in [9.17, 15) is 8.78 Å². The highest BCUT2D eigenvalue weighted by atomic mass is 19.3. The molecule has 0 spiro atoms. The number of anilines is 1. The van der Waals surface area contributed by atoms with Gasteiger partial charge in [-0.05, 0) is 67.8 Å². The lowest BCUT2D eigenvalue weighted by Crippen LogP contribution is -2.30. The Balaban J connectivity index is 1.35. The molecule has 2 fully saturated rings. The lowest BCUT2D eigenvalue weighted by Gasteiger charge is -2.29. The minimum absolute atomic E-state index is 0.0520. The van der Waals surface area contributed by atoms with E-state index in [1.54, 1.807) is 0 Å². The number of fused-ring (bicyclic) bond motifs is 1. The third-order valence-electron chi connectivity index (χ3n) is 7.41. The number of nitrogens with zero attached hydrogens (tertiary/aromatic N) is 4. The Labute approximate surface area is 199 Å². The number of aromatic nitrogens is 3. The predicted molar refractivity (Wildman–Crippen MR) is 133 cm³/mol. The molecule has 0 amide bonds. The van der Waals surface area contributed by atoms with E-state index < -0.39 is 5.92 Å². The maximum absolute atomic E-state index is 13.5. The number of pyridine rings is 1. The summed E-state index contributed by atoms with van der Waals surface area (Å²) in [6.45, 7) is 7.32. The van der Waals surface area contributed by atoms with Gasteiger partial charge >= 0.3 is 0 Å². The van der Waals surface area contributed by atoms with Gasteiger partial charge in [0, 0.05) is 49.3 Å². The molecule has 1 aliphatic carbocycles. The fraction of sp³-hybridized carbons (Fsp3) is 0.481. The number of hydrogen-bond donors (Lipinski definition) is 1. The summed E-state index contributed by atoms with van der Waals surface area (Å²) in [5, 5.41) is 9.97. The number of alkyl halides is 2. The summed E-state index contributed by atoms with van der Waals surface area (Å²) in [6, 6.07) is 8.43. The molecule has 2 aromatic heterocycles. The third-order valence-corrected chi connectivity index (χ3v) is 7.41. The molecule has 1 N–H and O–H groups in total. The minimum atomic E-state index is -2.53. The number of halogens is 2. The predicted octanol–water partition coefficient (Wildman–Crippen LogP) is 6.37. The van der Waals surface area contributed by atoms with E-state index in [0.29, 0.717) is 18.7 Å². The van der Waals surface area contributed by atoms with Crippen LogP contribution in [-0.2, 0) is 13.6 Å². The summed E-state index contributed by atoms with van der Waals surface area (Å²) in [7, 11) is 2.02. The first-order valence-corrected chi connectivity index (χ1v) is 12.3. The standard InChI is InChI=1S/C27H33F2N5/c1-19(20-8-10-27(28,29)11-9-20)32-26-15-23-14-21(6-7-22(23)16-30-26)24-17-31-33(2)25(24)18-34-12-4-3-5-13-34/h6-7,14-17,20H,1,3-5,8-13,18H2,2H3,(H,30,32). The van der Waals surface area contributed by atoms with Crippen LogP contribution in [0.25, 0.3) is 21.9 Å². The summed E-state index contributed by atoms with van der Waals surface area (Å²) in [6.07, 6.45) is 8.43. The van der Waals surface area contributed by atoms with Crippen molar-refractivity contribution in [2.45, 2.75) is 57.4 Å². The zero-order valence-corrected chi connectivity index (χ0v) is 19.9. The Morgan fingerprint density at radius 1 is 1.09 bits per heavy atom. The summed E-state index contributed by atoms with van der Waals surface area (Å²) >= 11 is 0. The summed E-state index contributed by atoms with van der Waals surface area (Å²) < 4.78 is 29.0. The molecule has 7 heteroatoms. The van der Waals surface area contributed by atoms with E-state index in [0.717, 1.165) is 47.2 Å². The molecule has 1 aliphatic heterocycles. The Kier molecular flexibility index (Phi) is 6.38. The SMILES string of the molecule is C=C(Nc1cc2cc(-c3cnn(C)c3CN3CCCCC3)ccc2cn1)C1CCC(F)(F)CC1. The van der Waals surface area contributed by atoms with Gasteiger partial charge in [-0.25, -0.2) is 13.8 Å². The highest BCUT2D eigenvalue weighted by Gasteiger charge is 2.35. The van der Waals surface area contributed by atoms with Crippen molar-refractivity contribution in [2.24, 2.45) is 13.0 Å². The van der Waals surface area contributed by atoms with Crippen molar-refractivity contribution in [3.05, 3.63) is 54.6 Å². The van der Waals surface area contributed by atoms with Gasteiger partial charge in [0.25, 0.3) is 0 Å². The molecule has 0 bridgehead atoms. The van der Waals surface area contributed by atoms with Crippen LogP contribution in [0.3, 0.4) is 0 Å². The van der Waals surface area contributed by atoms with Crippen LogP contribution in [0.1, 0.15) is 50.6 Å².